The number of aromatic hydroxyl groups is 1. The Morgan fingerprint density at radius 2 is 1.92 bits per heavy atom. The Morgan fingerprint density at radius 1 is 1.31 bits per heavy atom. The van der Waals surface area contributed by atoms with Crippen LogP contribution in [0.4, 0.5) is 0 Å². The maximum Gasteiger partial charge on any atom is 0.242 e. The summed E-state index contributed by atoms with van der Waals surface area (Å²) in [4.78, 5) is 0.0949. The zero-order valence-electron chi connectivity index (χ0n) is 7.43. The lowest BCUT2D eigenvalue weighted by atomic mass is 10.3. The second-order valence-corrected chi connectivity index (χ2v) is 4.94. The molecule has 1 N–H and O–H groups in total. The number of phenols is 1. The third-order valence-corrected chi connectivity index (χ3v) is 3.41. The van der Waals surface area contributed by atoms with Gasteiger partial charge in [-0.1, -0.05) is 6.07 Å². The average Bonchev–Trinajstić information content (AvgIpc) is 2.04. The molecule has 0 aromatic heterocycles. The van der Waals surface area contributed by atoms with Crippen molar-refractivity contribution in [2.75, 3.05) is 14.1 Å². The van der Waals surface area contributed by atoms with E-state index in [1.165, 1.54) is 38.4 Å². The molecule has 0 atom stereocenters. The lowest BCUT2D eigenvalue weighted by Gasteiger charge is -2.10. The van der Waals surface area contributed by atoms with Crippen LogP contribution < -0.4 is 0 Å². The highest BCUT2D eigenvalue weighted by atomic mass is 32.2. The summed E-state index contributed by atoms with van der Waals surface area (Å²) >= 11 is 0. The van der Waals surface area contributed by atoms with Gasteiger partial charge >= 0.3 is 0 Å². The molecule has 0 saturated heterocycles. The zero-order chi connectivity index (χ0) is 10.1. The molecule has 5 heteroatoms. The molecule has 0 fully saturated rings. The standard InChI is InChI=1S/C8H11NO3S/c1-9(2)13(11,12)8-5-3-4-7(10)6-8/h3-6,10H,1-2H3. The summed E-state index contributed by atoms with van der Waals surface area (Å²) in [6.07, 6.45) is 0. The van der Waals surface area contributed by atoms with Crippen molar-refractivity contribution >= 4 is 10.0 Å². The van der Waals surface area contributed by atoms with Crippen LogP contribution in [0.3, 0.4) is 0 Å². The summed E-state index contributed by atoms with van der Waals surface area (Å²) in [6, 6.07) is 5.57. The predicted molar refractivity (Wildman–Crippen MR) is 49.0 cm³/mol. The topological polar surface area (TPSA) is 57.6 Å². The number of rotatable bonds is 2. The van der Waals surface area contributed by atoms with Gasteiger partial charge in [0.05, 0.1) is 4.90 Å². The molecule has 0 radical (unpaired) electrons. The molecule has 0 aliphatic carbocycles. The van der Waals surface area contributed by atoms with Gasteiger partial charge in [0.25, 0.3) is 0 Å². The highest BCUT2D eigenvalue weighted by Crippen LogP contribution is 2.17. The lowest BCUT2D eigenvalue weighted by Crippen LogP contribution is -2.21. The van der Waals surface area contributed by atoms with E-state index in [4.69, 9.17) is 5.11 Å². The highest BCUT2D eigenvalue weighted by Gasteiger charge is 2.16. The van der Waals surface area contributed by atoms with Crippen LogP contribution in [-0.2, 0) is 10.0 Å². The van der Waals surface area contributed by atoms with Crippen LogP contribution in [-0.4, -0.2) is 31.9 Å². The van der Waals surface area contributed by atoms with Crippen LogP contribution in [0.2, 0.25) is 0 Å². The normalized spacial score (nSPS) is 11.9. The van der Waals surface area contributed by atoms with Crippen molar-refractivity contribution in [3.63, 3.8) is 0 Å². The van der Waals surface area contributed by atoms with Gasteiger partial charge in [0.15, 0.2) is 0 Å². The molecule has 4 nitrogen and oxygen atoms in total. The minimum atomic E-state index is -3.43. The maximum absolute atomic E-state index is 11.5. The third kappa shape index (κ3) is 1.99. The van der Waals surface area contributed by atoms with Crippen molar-refractivity contribution in [2.45, 2.75) is 4.90 Å². The fraction of sp³-hybridized carbons (Fsp3) is 0.250. The summed E-state index contributed by atoms with van der Waals surface area (Å²) in [7, 11) is -0.538. The number of hydrogen-bond donors (Lipinski definition) is 1. The first-order valence-electron chi connectivity index (χ1n) is 3.66. The van der Waals surface area contributed by atoms with Crippen molar-refractivity contribution < 1.29 is 13.5 Å². The van der Waals surface area contributed by atoms with E-state index in [2.05, 4.69) is 0 Å². The van der Waals surface area contributed by atoms with Gasteiger partial charge in [0, 0.05) is 14.1 Å². The summed E-state index contributed by atoms with van der Waals surface area (Å²) in [5.74, 6) is -0.0528. The van der Waals surface area contributed by atoms with E-state index in [1.807, 2.05) is 0 Å². The SMILES string of the molecule is CN(C)S(=O)(=O)c1cccc(O)c1. The van der Waals surface area contributed by atoms with E-state index >= 15 is 0 Å². The van der Waals surface area contributed by atoms with Gasteiger partial charge in [-0.25, -0.2) is 12.7 Å². The first kappa shape index (κ1) is 10.0. The molecule has 1 aromatic rings. The molecule has 1 rings (SSSR count). The Morgan fingerprint density at radius 3 is 2.38 bits per heavy atom. The van der Waals surface area contributed by atoms with Gasteiger partial charge < -0.3 is 5.11 Å². The minimum Gasteiger partial charge on any atom is -0.508 e. The highest BCUT2D eigenvalue weighted by molar-refractivity contribution is 7.89. The van der Waals surface area contributed by atoms with Crippen LogP contribution in [0.1, 0.15) is 0 Å². The number of phenolic OH excluding ortho intramolecular Hbond substituents is 1. The predicted octanol–water partition coefficient (Wildman–Crippen LogP) is 0.643. The first-order valence-corrected chi connectivity index (χ1v) is 5.10. The van der Waals surface area contributed by atoms with Gasteiger partial charge in [0.2, 0.25) is 10.0 Å². The number of nitrogens with zero attached hydrogens (tertiary/aromatic N) is 1. The van der Waals surface area contributed by atoms with Crippen LogP contribution in [0, 0.1) is 0 Å². The molecule has 0 aliphatic heterocycles. The second kappa shape index (κ2) is 3.35. The van der Waals surface area contributed by atoms with Crippen molar-refractivity contribution in [1.82, 2.24) is 4.31 Å². The summed E-state index contributed by atoms with van der Waals surface area (Å²) in [5, 5.41) is 9.08. The van der Waals surface area contributed by atoms with E-state index in [0.717, 1.165) is 4.31 Å². The molecule has 13 heavy (non-hydrogen) atoms. The second-order valence-electron chi connectivity index (χ2n) is 2.78. The van der Waals surface area contributed by atoms with Crippen molar-refractivity contribution in [3.8, 4) is 5.75 Å². The van der Waals surface area contributed by atoms with Crippen molar-refractivity contribution in [2.24, 2.45) is 0 Å². The fourth-order valence-electron chi connectivity index (χ4n) is 0.855. The van der Waals surface area contributed by atoms with Gasteiger partial charge in [-0.2, -0.15) is 0 Å². The summed E-state index contributed by atoms with van der Waals surface area (Å²) in [6.45, 7) is 0. The fourth-order valence-corrected chi connectivity index (χ4v) is 1.80. The van der Waals surface area contributed by atoms with Crippen molar-refractivity contribution in [1.29, 1.82) is 0 Å². The summed E-state index contributed by atoms with van der Waals surface area (Å²) < 4.78 is 24.1. The number of hydrogen-bond acceptors (Lipinski definition) is 3. The number of sulfonamides is 1. The van der Waals surface area contributed by atoms with Gasteiger partial charge in [-0.3, -0.25) is 0 Å². The molecule has 0 spiro atoms. The molecule has 0 bridgehead atoms. The van der Waals surface area contributed by atoms with E-state index in [0.29, 0.717) is 0 Å². The van der Waals surface area contributed by atoms with Crippen LogP contribution in [0.5, 0.6) is 5.75 Å². The Labute approximate surface area is 77.5 Å². The van der Waals surface area contributed by atoms with Crippen LogP contribution in [0.25, 0.3) is 0 Å². The molecule has 1 aromatic carbocycles. The van der Waals surface area contributed by atoms with Crippen LogP contribution in [0.15, 0.2) is 29.2 Å². The largest absolute Gasteiger partial charge is 0.508 e. The molecule has 0 unspecified atom stereocenters. The zero-order valence-corrected chi connectivity index (χ0v) is 8.25. The van der Waals surface area contributed by atoms with Crippen molar-refractivity contribution in [3.05, 3.63) is 24.3 Å². The maximum atomic E-state index is 11.5. The third-order valence-electron chi connectivity index (χ3n) is 1.60. The van der Waals surface area contributed by atoms with Gasteiger partial charge in [0.1, 0.15) is 5.75 Å². The molecular formula is C8H11NO3S. The molecule has 0 amide bonds. The lowest BCUT2D eigenvalue weighted by molar-refractivity contribution is 0.471. The quantitative estimate of drug-likeness (QED) is 0.764. The molecule has 0 heterocycles. The monoisotopic (exact) mass is 201 g/mol. The van der Waals surface area contributed by atoms with E-state index < -0.39 is 10.0 Å². The average molecular weight is 201 g/mol. The van der Waals surface area contributed by atoms with E-state index in [-0.39, 0.29) is 10.6 Å². The molecule has 0 saturated carbocycles. The van der Waals surface area contributed by atoms with Gasteiger partial charge in [-0.05, 0) is 18.2 Å². The minimum absolute atomic E-state index is 0.0528. The molecular weight excluding hydrogens is 190 g/mol. The van der Waals surface area contributed by atoms with E-state index in [1.54, 1.807) is 0 Å². The molecule has 72 valence electrons. The smallest absolute Gasteiger partial charge is 0.242 e. The van der Waals surface area contributed by atoms with E-state index in [9.17, 15) is 8.42 Å². The summed E-state index contributed by atoms with van der Waals surface area (Å²) in [5.41, 5.74) is 0. The van der Waals surface area contributed by atoms with Crippen LogP contribution >= 0.6 is 0 Å². The Kier molecular flexibility index (Phi) is 2.58. The van der Waals surface area contributed by atoms with Gasteiger partial charge in [-0.15, -0.1) is 0 Å². The number of benzene rings is 1. The Balaban J connectivity index is 3.24. The first-order chi connectivity index (χ1) is 5.94. The molecule has 0 aliphatic rings. The Bertz CT molecular complexity index is 398. The Hall–Kier alpha value is -1.07.